The van der Waals surface area contributed by atoms with Gasteiger partial charge >= 0.3 is 5.69 Å². The van der Waals surface area contributed by atoms with Crippen LogP contribution in [-0.2, 0) is 0 Å². The molecule has 18 heavy (non-hydrogen) atoms. The first-order chi connectivity index (χ1) is 8.56. The molecule has 0 saturated carbocycles. The number of aromatic hydroxyl groups is 1. The Morgan fingerprint density at radius 1 is 1.56 bits per heavy atom. The van der Waals surface area contributed by atoms with Crippen molar-refractivity contribution in [1.82, 2.24) is 5.32 Å². The molecule has 1 rings (SSSR count). The number of phenols is 1. The minimum atomic E-state index is -0.718. The van der Waals surface area contributed by atoms with Crippen molar-refractivity contribution in [2.45, 2.75) is 12.8 Å². The number of phenolic OH excluding ortho intramolecular Hbond substituents is 1. The Balaban J connectivity index is 2.67. The van der Waals surface area contributed by atoms with Crippen LogP contribution in [0.1, 0.15) is 23.2 Å². The number of carbonyl (C=O) groups excluding carboxylic acids is 1. The van der Waals surface area contributed by atoms with E-state index in [1.807, 2.05) is 0 Å². The number of rotatable bonds is 5. The van der Waals surface area contributed by atoms with Gasteiger partial charge in [-0.25, -0.2) is 0 Å². The molecule has 0 radical (unpaired) electrons. The summed E-state index contributed by atoms with van der Waals surface area (Å²) in [6, 6.07) is 3.44. The van der Waals surface area contributed by atoms with Gasteiger partial charge in [0.05, 0.1) is 4.92 Å². The number of nitro benzene ring substituents is 1. The van der Waals surface area contributed by atoms with Crippen LogP contribution >= 0.6 is 0 Å². The van der Waals surface area contributed by atoms with E-state index in [4.69, 9.17) is 6.42 Å². The number of unbranched alkanes of at least 4 members (excludes halogenated alkanes) is 1. The molecular weight excluding hydrogens is 236 g/mol. The molecule has 0 aliphatic rings. The highest BCUT2D eigenvalue weighted by molar-refractivity contribution is 5.95. The average Bonchev–Trinajstić information content (AvgIpc) is 2.33. The molecule has 0 aromatic heterocycles. The molecule has 1 aromatic rings. The van der Waals surface area contributed by atoms with Crippen molar-refractivity contribution in [1.29, 1.82) is 0 Å². The smallest absolute Gasteiger partial charge is 0.310 e. The van der Waals surface area contributed by atoms with Gasteiger partial charge < -0.3 is 10.4 Å². The third kappa shape index (κ3) is 3.49. The zero-order valence-electron chi connectivity index (χ0n) is 9.55. The Bertz CT molecular complexity index is 505. The average molecular weight is 248 g/mol. The summed E-state index contributed by atoms with van der Waals surface area (Å²) in [5, 5.41) is 22.4. The molecule has 0 spiro atoms. The molecule has 0 bridgehead atoms. The van der Waals surface area contributed by atoms with Gasteiger partial charge in [-0.05, 0) is 18.6 Å². The van der Waals surface area contributed by atoms with E-state index in [1.165, 1.54) is 6.07 Å². The first kappa shape index (κ1) is 13.5. The second-order valence-electron chi connectivity index (χ2n) is 3.52. The maximum atomic E-state index is 11.6. The quantitative estimate of drug-likeness (QED) is 0.357. The lowest BCUT2D eigenvalue weighted by Gasteiger charge is -2.04. The van der Waals surface area contributed by atoms with E-state index in [0.29, 0.717) is 19.4 Å². The number of nitro groups is 1. The maximum absolute atomic E-state index is 11.6. The van der Waals surface area contributed by atoms with E-state index in [1.54, 1.807) is 0 Å². The van der Waals surface area contributed by atoms with Gasteiger partial charge in [0.15, 0.2) is 5.75 Å². The summed E-state index contributed by atoms with van der Waals surface area (Å²) >= 11 is 0. The highest BCUT2D eigenvalue weighted by Crippen LogP contribution is 2.26. The van der Waals surface area contributed by atoms with E-state index < -0.39 is 22.3 Å². The van der Waals surface area contributed by atoms with Crippen molar-refractivity contribution in [3.05, 3.63) is 33.9 Å². The van der Waals surface area contributed by atoms with Crippen LogP contribution in [0.25, 0.3) is 0 Å². The lowest BCUT2D eigenvalue weighted by Crippen LogP contribution is -2.24. The van der Waals surface area contributed by atoms with E-state index in [2.05, 4.69) is 11.2 Å². The minimum absolute atomic E-state index is 0.166. The van der Waals surface area contributed by atoms with Crippen molar-refractivity contribution < 1.29 is 14.8 Å². The van der Waals surface area contributed by atoms with Gasteiger partial charge in [-0.15, -0.1) is 12.3 Å². The molecule has 0 heterocycles. The molecule has 0 unspecified atom stereocenters. The Kier molecular flexibility index (Phi) is 4.69. The van der Waals surface area contributed by atoms with Gasteiger partial charge in [0.1, 0.15) is 0 Å². The number of nitrogens with one attached hydrogen (secondary N) is 1. The van der Waals surface area contributed by atoms with Crippen LogP contribution in [0.5, 0.6) is 5.75 Å². The zero-order chi connectivity index (χ0) is 13.5. The van der Waals surface area contributed by atoms with Gasteiger partial charge in [0.2, 0.25) is 0 Å². The molecule has 94 valence electrons. The number of carbonyl (C=O) groups is 1. The molecule has 6 nitrogen and oxygen atoms in total. The second-order valence-corrected chi connectivity index (χ2v) is 3.52. The highest BCUT2D eigenvalue weighted by Gasteiger charge is 2.15. The van der Waals surface area contributed by atoms with Crippen LogP contribution in [-0.4, -0.2) is 22.5 Å². The fraction of sp³-hybridized carbons (Fsp3) is 0.250. The molecule has 1 aromatic carbocycles. The first-order valence-corrected chi connectivity index (χ1v) is 5.25. The van der Waals surface area contributed by atoms with Crippen LogP contribution < -0.4 is 5.32 Å². The molecule has 0 saturated heterocycles. The summed E-state index contributed by atoms with van der Waals surface area (Å²) in [7, 11) is 0. The fourth-order valence-corrected chi connectivity index (χ4v) is 1.31. The normalized spacial score (nSPS) is 9.50. The molecule has 0 fully saturated rings. The molecule has 0 atom stereocenters. The monoisotopic (exact) mass is 248 g/mol. The van der Waals surface area contributed by atoms with Crippen LogP contribution in [0.3, 0.4) is 0 Å². The van der Waals surface area contributed by atoms with Crippen molar-refractivity contribution in [3.63, 3.8) is 0 Å². The number of amides is 1. The standard InChI is InChI=1S/C12H12N2O4/c1-2-3-4-7-13-12(16)9-5-6-10(14(17)18)11(15)8-9/h1,5-6,8,15H,3-4,7H2,(H,13,16). The number of hydrogen-bond acceptors (Lipinski definition) is 4. The predicted molar refractivity (Wildman–Crippen MR) is 65.2 cm³/mol. The van der Waals surface area contributed by atoms with Gasteiger partial charge in [-0.3, -0.25) is 14.9 Å². The summed E-state index contributed by atoms with van der Waals surface area (Å²) in [5.74, 6) is 1.51. The SMILES string of the molecule is C#CCCCNC(=O)c1ccc([N+](=O)[O-])c(O)c1. The van der Waals surface area contributed by atoms with Crippen LogP contribution in [0, 0.1) is 22.5 Å². The summed E-state index contributed by atoms with van der Waals surface area (Å²) < 4.78 is 0. The van der Waals surface area contributed by atoms with Crippen molar-refractivity contribution >= 4 is 11.6 Å². The first-order valence-electron chi connectivity index (χ1n) is 5.25. The van der Waals surface area contributed by atoms with E-state index in [0.717, 1.165) is 12.1 Å². The highest BCUT2D eigenvalue weighted by atomic mass is 16.6. The number of terminal acetylenes is 1. The van der Waals surface area contributed by atoms with Crippen LogP contribution in [0.15, 0.2) is 18.2 Å². The zero-order valence-corrected chi connectivity index (χ0v) is 9.55. The summed E-state index contributed by atoms with van der Waals surface area (Å²) in [4.78, 5) is 21.4. The van der Waals surface area contributed by atoms with E-state index in [9.17, 15) is 20.0 Å². The van der Waals surface area contributed by atoms with Crippen LogP contribution in [0.2, 0.25) is 0 Å². The molecule has 1 amide bonds. The Morgan fingerprint density at radius 3 is 2.83 bits per heavy atom. The molecule has 0 aliphatic carbocycles. The molecular formula is C12H12N2O4. The Labute approximate surface area is 104 Å². The number of nitrogens with zero attached hydrogens (tertiary/aromatic N) is 1. The molecule has 2 N–H and O–H groups in total. The Morgan fingerprint density at radius 2 is 2.28 bits per heavy atom. The van der Waals surface area contributed by atoms with Crippen molar-refractivity contribution in [3.8, 4) is 18.1 Å². The predicted octanol–water partition coefficient (Wildman–Crippen LogP) is 1.44. The Hall–Kier alpha value is -2.55. The van der Waals surface area contributed by atoms with Gasteiger partial charge in [-0.1, -0.05) is 0 Å². The second kappa shape index (κ2) is 6.25. The van der Waals surface area contributed by atoms with Gasteiger partial charge in [0.25, 0.3) is 5.91 Å². The van der Waals surface area contributed by atoms with E-state index in [-0.39, 0.29) is 5.56 Å². The lowest BCUT2D eigenvalue weighted by atomic mass is 10.1. The summed E-state index contributed by atoms with van der Waals surface area (Å²) in [5.41, 5.74) is -0.266. The largest absolute Gasteiger partial charge is 0.502 e. The van der Waals surface area contributed by atoms with Crippen LogP contribution in [0.4, 0.5) is 5.69 Å². The maximum Gasteiger partial charge on any atom is 0.310 e. The fourth-order valence-electron chi connectivity index (χ4n) is 1.31. The number of hydrogen-bond donors (Lipinski definition) is 2. The third-order valence-electron chi connectivity index (χ3n) is 2.22. The molecule has 0 aliphatic heterocycles. The van der Waals surface area contributed by atoms with Gasteiger partial charge in [-0.2, -0.15) is 0 Å². The summed E-state index contributed by atoms with van der Waals surface area (Å²) in [6.45, 7) is 0.417. The van der Waals surface area contributed by atoms with Crippen molar-refractivity contribution in [2.24, 2.45) is 0 Å². The minimum Gasteiger partial charge on any atom is -0.502 e. The van der Waals surface area contributed by atoms with Crippen molar-refractivity contribution in [2.75, 3.05) is 6.54 Å². The third-order valence-corrected chi connectivity index (χ3v) is 2.22. The topological polar surface area (TPSA) is 92.5 Å². The summed E-state index contributed by atoms with van der Waals surface area (Å²) in [6.07, 6.45) is 6.28. The number of benzene rings is 1. The lowest BCUT2D eigenvalue weighted by molar-refractivity contribution is -0.385. The van der Waals surface area contributed by atoms with E-state index >= 15 is 0 Å². The molecule has 6 heteroatoms. The van der Waals surface area contributed by atoms with Gasteiger partial charge in [0, 0.05) is 24.6 Å².